The van der Waals surface area contributed by atoms with Gasteiger partial charge in [-0.25, -0.2) is 4.79 Å². The average molecular weight is 229 g/mol. The lowest BCUT2D eigenvalue weighted by molar-refractivity contribution is 0.0526. The molecule has 0 fully saturated rings. The Labute approximate surface area is 93.9 Å². The summed E-state index contributed by atoms with van der Waals surface area (Å²) in [6, 6.07) is 3.26. The maximum atomic E-state index is 11.5. The molecule has 0 bridgehead atoms. The molecule has 0 N–H and O–H groups in total. The summed E-state index contributed by atoms with van der Waals surface area (Å²) in [6.07, 6.45) is 0. The molecule has 1 aromatic carbocycles. The lowest BCUT2D eigenvalue weighted by Crippen LogP contribution is -2.05. The van der Waals surface area contributed by atoms with Crippen LogP contribution in [0.5, 0.6) is 5.75 Å². The van der Waals surface area contributed by atoms with E-state index in [2.05, 4.69) is 0 Å². The van der Waals surface area contributed by atoms with Crippen LogP contribution in [-0.4, -0.2) is 19.7 Å². The van der Waals surface area contributed by atoms with Gasteiger partial charge in [-0.1, -0.05) is 11.6 Å². The van der Waals surface area contributed by atoms with Crippen LogP contribution in [0.4, 0.5) is 0 Å². The largest absolute Gasteiger partial charge is 0.495 e. The minimum Gasteiger partial charge on any atom is -0.495 e. The van der Waals surface area contributed by atoms with Gasteiger partial charge in [0.15, 0.2) is 0 Å². The Morgan fingerprint density at radius 2 is 2.13 bits per heavy atom. The van der Waals surface area contributed by atoms with E-state index in [0.717, 1.165) is 5.56 Å². The molecule has 3 nitrogen and oxygen atoms in total. The number of carbonyl (C=O) groups is 1. The normalized spacial score (nSPS) is 9.87. The standard InChI is InChI=1S/C11H13ClO3/c1-4-15-11(13)8-5-7(2)10(12)9(6-8)14-3/h5-6H,4H2,1-3H3. The SMILES string of the molecule is CCOC(=O)c1cc(C)c(Cl)c(OC)c1. The summed E-state index contributed by atoms with van der Waals surface area (Å²) < 4.78 is 9.94. The monoisotopic (exact) mass is 228 g/mol. The molecule has 0 saturated carbocycles. The molecule has 0 atom stereocenters. The second-order valence-corrected chi connectivity index (χ2v) is 3.41. The molecule has 0 spiro atoms. The van der Waals surface area contributed by atoms with Gasteiger partial charge in [0.2, 0.25) is 0 Å². The highest BCUT2D eigenvalue weighted by Crippen LogP contribution is 2.29. The van der Waals surface area contributed by atoms with Crippen molar-refractivity contribution in [1.82, 2.24) is 0 Å². The molecule has 15 heavy (non-hydrogen) atoms. The summed E-state index contributed by atoms with van der Waals surface area (Å²) in [5.41, 5.74) is 1.25. The number of ether oxygens (including phenoxy) is 2. The molecule has 0 aliphatic heterocycles. The number of halogens is 1. The van der Waals surface area contributed by atoms with Crippen molar-refractivity contribution < 1.29 is 14.3 Å². The van der Waals surface area contributed by atoms with Crippen molar-refractivity contribution in [1.29, 1.82) is 0 Å². The molecule has 1 rings (SSSR count). The predicted molar refractivity (Wildman–Crippen MR) is 58.7 cm³/mol. The number of hydrogen-bond acceptors (Lipinski definition) is 3. The molecule has 0 unspecified atom stereocenters. The van der Waals surface area contributed by atoms with Crippen molar-refractivity contribution in [3.63, 3.8) is 0 Å². The van der Waals surface area contributed by atoms with E-state index >= 15 is 0 Å². The first-order valence-corrected chi connectivity index (χ1v) is 4.99. The highest BCUT2D eigenvalue weighted by atomic mass is 35.5. The zero-order chi connectivity index (χ0) is 11.4. The highest BCUT2D eigenvalue weighted by molar-refractivity contribution is 6.33. The first-order valence-electron chi connectivity index (χ1n) is 4.61. The first kappa shape index (κ1) is 11.9. The molecule has 0 aromatic heterocycles. The topological polar surface area (TPSA) is 35.5 Å². The van der Waals surface area contributed by atoms with E-state index in [1.807, 2.05) is 6.92 Å². The number of benzene rings is 1. The molecular weight excluding hydrogens is 216 g/mol. The van der Waals surface area contributed by atoms with Crippen LogP contribution in [0.25, 0.3) is 0 Å². The number of methoxy groups -OCH3 is 1. The number of esters is 1. The fourth-order valence-electron chi connectivity index (χ4n) is 1.22. The van der Waals surface area contributed by atoms with Crippen molar-refractivity contribution >= 4 is 17.6 Å². The molecule has 0 amide bonds. The fourth-order valence-corrected chi connectivity index (χ4v) is 1.40. The number of hydrogen-bond donors (Lipinski definition) is 0. The van der Waals surface area contributed by atoms with Gasteiger partial charge in [-0.15, -0.1) is 0 Å². The molecule has 0 aliphatic carbocycles. The van der Waals surface area contributed by atoms with E-state index in [-0.39, 0.29) is 5.97 Å². The van der Waals surface area contributed by atoms with Crippen molar-refractivity contribution in [2.75, 3.05) is 13.7 Å². The number of aryl methyl sites for hydroxylation is 1. The van der Waals surface area contributed by atoms with E-state index in [0.29, 0.717) is 22.9 Å². The van der Waals surface area contributed by atoms with Gasteiger partial charge in [0.25, 0.3) is 0 Å². The lowest BCUT2D eigenvalue weighted by Gasteiger charge is -2.08. The van der Waals surface area contributed by atoms with Crippen molar-refractivity contribution in [2.24, 2.45) is 0 Å². The smallest absolute Gasteiger partial charge is 0.338 e. The minimum absolute atomic E-state index is 0.350. The molecule has 4 heteroatoms. The van der Waals surface area contributed by atoms with Crippen molar-refractivity contribution in [3.8, 4) is 5.75 Å². The first-order chi connectivity index (χ1) is 7.10. The van der Waals surface area contributed by atoms with Gasteiger partial charge in [-0.3, -0.25) is 0 Å². The van der Waals surface area contributed by atoms with Crippen LogP contribution < -0.4 is 4.74 Å². The van der Waals surface area contributed by atoms with Gasteiger partial charge in [-0.2, -0.15) is 0 Å². The van der Waals surface area contributed by atoms with E-state index in [1.54, 1.807) is 19.1 Å². The van der Waals surface area contributed by atoms with Gasteiger partial charge >= 0.3 is 5.97 Å². The highest BCUT2D eigenvalue weighted by Gasteiger charge is 2.12. The van der Waals surface area contributed by atoms with Crippen LogP contribution in [0.2, 0.25) is 5.02 Å². The van der Waals surface area contributed by atoms with Crippen LogP contribution in [0.15, 0.2) is 12.1 Å². The summed E-state index contributed by atoms with van der Waals surface area (Å²) in [5, 5.41) is 0.519. The Kier molecular flexibility index (Phi) is 3.97. The summed E-state index contributed by atoms with van der Waals surface area (Å²) in [4.78, 5) is 11.5. The molecule has 1 aromatic rings. The molecule has 82 valence electrons. The van der Waals surface area contributed by atoms with E-state index < -0.39 is 0 Å². The predicted octanol–water partition coefficient (Wildman–Crippen LogP) is 2.83. The van der Waals surface area contributed by atoms with Gasteiger partial charge in [0.1, 0.15) is 5.75 Å². The zero-order valence-corrected chi connectivity index (χ0v) is 9.72. The lowest BCUT2D eigenvalue weighted by atomic mass is 10.1. The van der Waals surface area contributed by atoms with Gasteiger partial charge < -0.3 is 9.47 Å². The Hall–Kier alpha value is -1.22. The summed E-state index contributed by atoms with van der Waals surface area (Å²) in [7, 11) is 1.51. The Bertz CT molecular complexity index is 374. The number of rotatable bonds is 3. The van der Waals surface area contributed by atoms with Crippen LogP contribution in [-0.2, 0) is 4.74 Å². The Balaban J connectivity index is 3.10. The third-order valence-corrected chi connectivity index (χ3v) is 2.44. The summed E-state index contributed by atoms with van der Waals surface area (Å²) >= 11 is 5.97. The average Bonchev–Trinajstić information content (AvgIpc) is 2.22. The third-order valence-electron chi connectivity index (χ3n) is 1.95. The van der Waals surface area contributed by atoms with Gasteiger partial charge in [0, 0.05) is 0 Å². The molecule has 0 radical (unpaired) electrons. The quantitative estimate of drug-likeness (QED) is 0.747. The number of carbonyl (C=O) groups excluding carboxylic acids is 1. The van der Waals surface area contributed by atoms with Crippen LogP contribution in [0.3, 0.4) is 0 Å². The molecule has 0 heterocycles. The van der Waals surface area contributed by atoms with Crippen LogP contribution >= 0.6 is 11.6 Å². The second kappa shape index (κ2) is 5.03. The summed E-state index contributed by atoms with van der Waals surface area (Å²) in [5.74, 6) is 0.121. The second-order valence-electron chi connectivity index (χ2n) is 3.03. The van der Waals surface area contributed by atoms with Gasteiger partial charge in [-0.05, 0) is 31.5 Å². The Morgan fingerprint density at radius 1 is 1.47 bits per heavy atom. The van der Waals surface area contributed by atoms with E-state index in [9.17, 15) is 4.79 Å². The van der Waals surface area contributed by atoms with Crippen LogP contribution in [0.1, 0.15) is 22.8 Å². The zero-order valence-electron chi connectivity index (χ0n) is 8.96. The summed E-state index contributed by atoms with van der Waals surface area (Å²) in [6.45, 7) is 3.92. The maximum absolute atomic E-state index is 11.5. The molecule has 0 aliphatic rings. The van der Waals surface area contributed by atoms with E-state index in [1.165, 1.54) is 7.11 Å². The van der Waals surface area contributed by atoms with Crippen molar-refractivity contribution in [2.45, 2.75) is 13.8 Å². The van der Waals surface area contributed by atoms with Crippen LogP contribution in [0, 0.1) is 6.92 Å². The maximum Gasteiger partial charge on any atom is 0.338 e. The third kappa shape index (κ3) is 2.63. The Morgan fingerprint density at radius 3 is 2.67 bits per heavy atom. The van der Waals surface area contributed by atoms with Gasteiger partial charge in [0.05, 0.1) is 24.3 Å². The molecule has 0 saturated heterocycles. The molecular formula is C11H13ClO3. The fraction of sp³-hybridized carbons (Fsp3) is 0.364. The minimum atomic E-state index is -0.365. The van der Waals surface area contributed by atoms with Crippen molar-refractivity contribution in [3.05, 3.63) is 28.3 Å². The van der Waals surface area contributed by atoms with E-state index in [4.69, 9.17) is 21.1 Å².